The zero-order valence-corrected chi connectivity index (χ0v) is 10.4. The molecule has 1 N–H and O–H groups in total. The van der Waals surface area contributed by atoms with E-state index < -0.39 is 16.3 Å². The normalized spacial score (nSPS) is 11.9. The summed E-state index contributed by atoms with van der Waals surface area (Å²) in [5, 5.41) is 0. The van der Waals surface area contributed by atoms with E-state index in [4.69, 9.17) is 11.6 Å². The monoisotopic (exact) mass is 258 g/mol. The Morgan fingerprint density at radius 1 is 1.53 bits per heavy atom. The number of hydrogen-bond donors (Lipinski definition) is 1. The molecule has 0 heterocycles. The van der Waals surface area contributed by atoms with Crippen molar-refractivity contribution in [3.05, 3.63) is 0 Å². The second-order valence-corrected chi connectivity index (χ2v) is 4.99. The third-order valence-electron chi connectivity index (χ3n) is 1.59. The van der Waals surface area contributed by atoms with Crippen LogP contribution in [0.15, 0.2) is 0 Å². The zero-order valence-electron chi connectivity index (χ0n) is 8.86. The Labute approximate surface area is 94.7 Å². The van der Waals surface area contributed by atoms with Gasteiger partial charge in [0.25, 0.3) is 0 Å². The molecule has 0 radical (unpaired) electrons. The number of hydrogen-bond acceptors (Lipinski definition) is 4. The molecule has 0 fully saturated rings. The molecule has 0 saturated heterocycles. The Morgan fingerprint density at radius 2 is 2.07 bits per heavy atom. The lowest BCUT2D eigenvalue weighted by molar-refractivity contribution is 0.176. The molecule has 0 aromatic rings. The van der Waals surface area contributed by atoms with Gasteiger partial charge in [0.15, 0.2) is 0 Å². The van der Waals surface area contributed by atoms with Crippen LogP contribution in [0.25, 0.3) is 0 Å². The van der Waals surface area contributed by atoms with Crippen LogP contribution in [0.1, 0.15) is 13.8 Å². The summed E-state index contributed by atoms with van der Waals surface area (Å²) in [6.07, 6.45) is -1.02. The SMILES string of the molecule is COC(=O)NS(=O)(=O)N(CCCl)C(C)C. The summed E-state index contributed by atoms with van der Waals surface area (Å²) in [6.45, 7) is 3.50. The first kappa shape index (κ1) is 14.5. The first-order valence-corrected chi connectivity index (χ1v) is 6.26. The summed E-state index contributed by atoms with van der Waals surface area (Å²) < 4.78 is 30.2. The maximum Gasteiger partial charge on any atom is 0.421 e. The second kappa shape index (κ2) is 6.14. The van der Waals surface area contributed by atoms with Gasteiger partial charge in [0.2, 0.25) is 0 Å². The molecular weight excluding hydrogens is 244 g/mol. The molecule has 0 atom stereocenters. The van der Waals surface area contributed by atoms with Gasteiger partial charge in [0, 0.05) is 18.5 Å². The van der Waals surface area contributed by atoms with E-state index in [2.05, 4.69) is 4.74 Å². The van der Waals surface area contributed by atoms with Gasteiger partial charge < -0.3 is 4.74 Å². The molecule has 0 aliphatic rings. The molecule has 6 nitrogen and oxygen atoms in total. The lowest BCUT2D eigenvalue weighted by atomic mass is 10.4. The second-order valence-electron chi connectivity index (χ2n) is 2.99. The Balaban J connectivity index is 4.72. The van der Waals surface area contributed by atoms with Gasteiger partial charge in [-0.1, -0.05) is 0 Å². The Hall–Kier alpha value is -0.530. The lowest BCUT2D eigenvalue weighted by Crippen LogP contribution is -2.47. The van der Waals surface area contributed by atoms with Crippen LogP contribution in [0.5, 0.6) is 0 Å². The van der Waals surface area contributed by atoms with Crippen molar-refractivity contribution in [2.24, 2.45) is 0 Å². The summed E-state index contributed by atoms with van der Waals surface area (Å²) in [7, 11) is -2.78. The minimum atomic E-state index is -3.87. The number of nitrogens with zero attached hydrogens (tertiary/aromatic N) is 1. The number of carbonyl (C=O) groups excluding carboxylic acids is 1. The Kier molecular flexibility index (Phi) is 5.92. The maximum atomic E-state index is 11.6. The van der Waals surface area contributed by atoms with Crippen LogP contribution in [0.4, 0.5) is 4.79 Å². The summed E-state index contributed by atoms with van der Waals surface area (Å²) in [5.74, 6) is 0.153. The number of rotatable bonds is 5. The Morgan fingerprint density at radius 3 is 2.40 bits per heavy atom. The molecule has 15 heavy (non-hydrogen) atoms. The average molecular weight is 259 g/mol. The van der Waals surface area contributed by atoms with Crippen LogP contribution in [-0.2, 0) is 14.9 Å². The third kappa shape index (κ3) is 4.67. The first-order valence-electron chi connectivity index (χ1n) is 4.28. The van der Waals surface area contributed by atoms with E-state index in [-0.39, 0.29) is 18.5 Å². The van der Waals surface area contributed by atoms with Gasteiger partial charge >= 0.3 is 16.3 Å². The number of alkyl halides is 1. The number of nitrogens with one attached hydrogen (secondary N) is 1. The fourth-order valence-electron chi connectivity index (χ4n) is 0.945. The van der Waals surface area contributed by atoms with E-state index in [0.717, 1.165) is 11.4 Å². The standard InChI is InChI=1S/C7H15ClN2O4S/c1-6(2)10(5-4-8)15(12,13)9-7(11)14-3/h6H,4-5H2,1-3H3,(H,9,11). The summed E-state index contributed by atoms with van der Waals surface area (Å²) in [6, 6.07) is -0.286. The maximum absolute atomic E-state index is 11.6. The molecule has 0 unspecified atom stereocenters. The summed E-state index contributed by atoms with van der Waals surface area (Å²) in [5.41, 5.74) is 0. The molecule has 0 aliphatic heterocycles. The summed E-state index contributed by atoms with van der Waals surface area (Å²) in [4.78, 5) is 10.8. The van der Waals surface area contributed by atoms with E-state index in [0.29, 0.717) is 0 Å². The fraction of sp³-hybridized carbons (Fsp3) is 0.857. The van der Waals surface area contributed by atoms with Crippen molar-refractivity contribution < 1.29 is 17.9 Å². The van der Waals surface area contributed by atoms with E-state index in [1.807, 2.05) is 0 Å². The predicted octanol–water partition coefficient (Wildman–Crippen LogP) is 0.536. The molecular formula is C7H15ClN2O4S. The van der Waals surface area contributed by atoms with Gasteiger partial charge in [0.1, 0.15) is 0 Å². The number of methoxy groups -OCH3 is 1. The van der Waals surface area contributed by atoms with Gasteiger partial charge in [-0.2, -0.15) is 12.7 Å². The van der Waals surface area contributed by atoms with Crippen molar-refractivity contribution in [2.45, 2.75) is 19.9 Å². The van der Waals surface area contributed by atoms with Gasteiger partial charge in [0.05, 0.1) is 7.11 Å². The van der Waals surface area contributed by atoms with E-state index in [1.54, 1.807) is 18.6 Å². The highest BCUT2D eigenvalue weighted by Crippen LogP contribution is 2.05. The van der Waals surface area contributed by atoms with Crippen molar-refractivity contribution in [2.75, 3.05) is 19.5 Å². The van der Waals surface area contributed by atoms with Gasteiger partial charge in [-0.25, -0.2) is 9.52 Å². The van der Waals surface area contributed by atoms with E-state index >= 15 is 0 Å². The third-order valence-corrected chi connectivity index (χ3v) is 3.40. The average Bonchev–Trinajstić information content (AvgIpc) is 2.12. The van der Waals surface area contributed by atoms with Crippen LogP contribution in [0, 0.1) is 0 Å². The highest BCUT2D eigenvalue weighted by atomic mass is 35.5. The molecule has 0 aliphatic carbocycles. The van der Waals surface area contributed by atoms with Crippen LogP contribution >= 0.6 is 11.6 Å². The number of amides is 1. The van der Waals surface area contributed by atoms with Crippen molar-refractivity contribution in [1.82, 2.24) is 9.03 Å². The molecule has 1 amide bonds. The van der Waals surface area contributed by atoms with Crippen molar-refractivity contribution in [3.63, 3.8) is 0 Å². The van der Waals surface area contributed by atoms with Crippen LogP contribution in [0.3, 0.4) is 0 Å². The van der Waals surface area contributed by atoms with Gasteiger partial charge in [-0.3, -0.25) is 0 Å². The van der Waals surface area contributed by atoms with E-state index in [9.17, 15) is 13.2 Å². The van der Waals surface area contributed by atoms with Crippen LogP contribution < -0.4 is 4.72 Å². The smallest absolute Gasteiger partial charge is 0.421 e. The van der Waals surface area contributed by atoms with Crippen LogP contribution in [0.2, 0.25) is 0 Å². The van der Waals surface area contributed by atoms with Crippen molar-refractivity contribution >= 4 is 27.9 Å². The number of carbonyl (C=O) groups is 1. The van der Waals surface area contributed by atoms with Crippen molar-refractivity contribution in [1.29, 1.82) is 0 Å². The van der Waals surface area contributed by atoms with Gasteiger partial charge in [-0.15, -0.1) is 11.6 Å². The molecule has 0 spiro atoms. The quantitative estimate of drug-likeness (QED) is 0.730. The fourth-order valence-corrected chi connectivity index (χ4v) is 2.53. The zero-order chi connectivity index (χ0) is 12.1. The largest absolute Gasteiger partial charge is 0.452 e. The molecule has 0 rings (SSSR count). The number of halogens is 1. The topological polar surface area (TPSA) is 75.7 Å². The number of ether oxygens (including phenoxy) is 1. The minimum absolute atomic E-state index is 0.131. The molecule has 0 bridgehead atoms. The highest BCUT2D eigenvalue weighted by molar-refractivity contribution is 7.87. The molecule has 0 saturated carbocycles. The molecule has 8 heteroatoms. The minimum Gasteiger partial charge on any atom is -0.452 e. The van der Waals surface area contributed by atoms with Crippen molar-refractivity contribution in [3.8, 4) is 0 Å². The predicted molar refractivity (Wildman–Crippen MR) is 57.0 cm³/mol. The summed E-state index contributed by atoms with van der Waals surface area (Å²) >= 11 is 5.47. The van der Waals surface area contributed by atoms with E-state index in [1.165, 1.54) is 0 Å². The van der Waals surface area contributed by atoms with Gasteiger partial charge in [-0.05, 0) is 13.8 Å². The molecule has 90 valence electrons. The highest BCUT2D eigenvalue weighted by Gasteiger charge is 2.26. The Bertz CT molecular complexity index is 304. The molecule has 0 aromatic heterocycles. The van der Waals surface area contributed by atoms with Crippen LogP contribution in [-0.4, -0.2) is 44.4 Å². The lowest BCUT2D eigenvalue weighted by Gasteiger charge is -2.24. The molecule has 0 aromatic carbocycles. The first-order chi connectivity index (χ1) is 6.85.